The number of rotatable bonds is 2. The Labute approximate surface area is 114 Å². The highest BCUT2D eigenvalue weighted by atomic mass is 79.9. The Hall–Kier alpha value is -1.61. The van der Waals surface area contributed by atoms with Crippen molar-refractivity contribution in [2.45, 2.75) is 13.3 Å². The number of fused-ring (bicyclic) bond motifs is 1. The number of halogens is 1. The molecule has 0 saturated heterocycles. The third-order valence-corrected chi connectivity index (χ3v) is 3.71. The second-order valence-electron chi connectivity index (χ2n) is 4.26. The van der Waals surface area contributed by atoms with Crippen LogP contribution >= 0.6 is 15.9 Å². The van der Waals surface area contributed by atoms with Crippen molar-refractivity contribution in [3.63, 3.8) is 0 Å². The van der Waals surface area contributed by atoms with Gasteiger partial charge in [-0.15, -0.1) is 0 Å². The molecule has 0 spiro atoms. The molecule has 0 aliphatic rings. The van der Waals surface area contributed by atoms with Gasteiger partial charge in [0.15, 0.2) is 5.65 Å². The van der Waals surface area contributed by atoms with Gasteiger partial charge in [-0.1, -0.05) is 31.2 Å². The van der Waals surface area contributed by atoms with Gasteiger partial charge in [0.25, 0.3) is 0 Å². The Bertz CT molecular complexity index is 683. The van der Waals surface area contributed by atoms with Crippen LogP contribution in [0.1, 0.15) is 12.5 Å². The van der Waals surface area contributed by atoms with E-state index in [2.05, 4.69) is 58.3 Å². The Morgan fingerprint density at radius 3 is 2.61 bits per heavy atom. The number of imidazole rings is 1. The van der Waals surface area contributed by atoms with Crippen molar-refractivity contribution in [1.29, 1.82) is 0 Å². The minimum Gasteiger partial charge on any atom is -0.306 e. The Morgan fingerprint density at radius 1 is 1.17 bits per heavy atom. The number of hydrogen-bond donors (Lipinski definition) is 0. The summed E-state index contributed by atoms with van der Waals surface area (Å²) in [7, 11) is 0. The molecule has 0 N–H and O–H groups in total. The van der Waals surface area contributed by atoms with Crippen LogP contribution in [-0.2, 0) is 6.42 Å². The minimum atomic E-state index is 0.951. The molecule has 0 fully saturated rings. The van der Waals surface area contributed by atoms with E-state index < -0.39 is 0 Å². The first kappa shape index (κ1) is 11.5. The van der Waals surface area contributed by atoms with Crippen molar-refractivity contribution in [3.8, 4) is 11.3 Å². The van der Waals surface area contributed by atoms with Crippen LogP contribution in [0.5, 0.6) is 0 Å². The third-order valence-electron chi connectivity index (χ3n) is 3.09. The number of benzene rings is 1. The van der Waals surface area contributed by atoms with Crippen molar-refractivity contribution in [3.05, 3.63) is 58.8 Å². The van der Waals surface area contributed by atoms with Gasteiger partial charge in [-0.3, -0.25) is 0 Å². The normalized spacial score (nSPS) is 11.0. The molecule has 0 aliphatic carbocycles. The summed E-state index contributed by atoms with van der Waals surface area (Å²) in [6.07, 6.45) is 5.13. The zero-order valence-electron chi connectivity index (χ0n) is 10.1. The summed E-state index contributed by atoms with van der Waals surface area (Å²) in [5.41, 5.74) is 4.46. The van der Waals surface area contributed by atoms with Crippen LogP contribution in [-0.4, -0.2) is 9.38 Å². The smallest absolute Gasteiger partial charge is 0.151 e. The first-order chi connectivity index (χ1) is 8.78. The molecule has 90 valence electrons. The molecular formula is C15H13BrN2. The molecule has 3 rings (SSSR count). The fourth-order valence-corrected chi connectivity index (χ4v) is 2.48. The van der Waals surface area contributed by atoms with E-state index in [4.69, 9.17) is 0 Å². The molecule has 0 bridgehead atoms. The van der Waals surface area contributed by atoms with Crippen molar-refractivity contribution in [2.75, 3.05) is 0 Å². The second-order valence-corrected chi connectivity index (χ2v) is 5.12. The van der Waals surface area contributed by atoms with Gasteiger partial charge in [-0.25, -0.2) is 4.98 Å². The maximum absolute atomic E-state index is 4.65. The lowest BCUT2D eigenvalue weighted by atomic mass is 10.1. The molecule has 2 heterocycles. The van der Waals surface area contributed by atoms with E-state index in [1.54, 1.807) is 0 Å². The molecule has 18 heavy (non-hydrogen) atoms. The maximum Gasteiger partial charge on any atom is 0.151 e. The van der Waals surface area contributed by atoms with Gasteiger partial charge in [0, 0.05) is 18.0 Å². The summed E-state index contributed by atoms with van der Waals surface area (Å²) in [6, 6.07) is 12.6. The van der Waals surface area contributed by atoms with Crippen LogP contribution in [0.4, 0.5) is 0 Å². The monoisotopic (exact) mass is 300 g/mol. The first-order valence-electron chi connectivity index (χ1n) is 6.00. The summed E-state index contributed by atoms with van der Waals surface area (Å²) in [4.78, 5) is 4.65. The van der Waals surface area contributed by atoms with Gasteiger partial charge in [0.2, 0.25) is 0 Å². The van der Waals surface area contributed by atoms with E-state index in [0.717, 1.165) is 27.8 Å². The van der Waals surface area contributed by atoms with E-state index in [9.17, 15) is 0 Å². The molecule has 2 aromatic heterocycles. The lowest BCUT2D eigenvalue weighted by Crippen LogP contribution is -1.81. The fourth-order valence-electron chi connectivity index (χ4n) is 2.03. The van der Waals surface area contributed by atoms with Gasteiger partial charge in [0.05, 0.1) is 10.2 Å². The minimum absolute atomic E-state index is 0.951. The molecule has 0 radical (unpaired) electrons. The second kappa shape index (κ2) is 4.58. The lowest BCUT2D eigenvalue weighted by Gasteiger charge is -1.98. The van der Waals surface area contributed by atoms with Crippen molar-refractivity contribution in [2.24, 2.45) is 0 Å². The topological polar surface area (TPSA) is 17.3 Å². The van der Waals surface area contributed by atoms with Gasteiger partial charge >= 0.3 is 0 Å². The standard InChI is InChI=1S/C15H13BrN2/c1-2-11-5-7-12(8-6-11)14-10-18-9-3-4-13(16)15(18)17-14/h3-10H,2H2,1H3. The van der Waals surface area contributed by atoms with E-state index in [-0.39, 0.29) is 0 Å². The SMILES string of the molecule is CCc1ccc(-c2cn3cccc(Br)c3n2)cc1. The highest BCUT2D eigenvalue weighted by molar-refractivity contribution is 9.10. The van der Waals surface area contributed by atoms with E-state index in [0.29, 0.717) is 0 Å². The van der Waals surface area contributed by atoms with E-state index in [1.807, 2.05) is 22.7 Å². The third kappa shape index (κ3) is 1.95. The predicted octanol–water partition coefficient (Wildman–Crippen LogP) is 4.33. The molecule has 3 aromatic rings. The van der Waals surface area contributed by atoms with Crippen molar-refractivity contribution >= 4 is 21.6 Å². The Kier molecular flexibility index (Phi) is 2.92. The van der Waals surface area contributed by atoms with Gasteiger partial charge in [0.1, 0.15) is 0 Å². The number of aryl methyl sites for hydroxylation is 1. The summed E-state index contributed by atoms with van der Waals surface area (Å²) >= 11 is 3.52. The average molecular weight is 301 g/mol. The zero-order valence-corrected chi connectivity index (χ0v) is 11.7. The number of aromatic nitrogens is 2. The first-order valence-corrected chi connectivity index (χ1v) is 6.80. The number of pyridine rings is 1. The fraction of sp³-hybridized carbons (Fsp3) is 0.133. The molecule has 0 amide bonds. The molecule has 0 unspecified atom stereocenters. The van der Waals surface area contributed by atoms with Crippen molar-refractivity contribution in [1.82, 2.24) is 9.38 Å². The molecule has 0 aliphatic heterocycles. The lowest BCUT2D eigenvalue weighted by molar-refractivity contribution is 1.14. The van der Waals surface area contributed by atoms with Gasteiger partial charge < -0.3 is 4.40 Å². The number of hydrogen-bond acceptors (Lipinski definition) is 1. The highest BCUT2D eigenvalue weighted by Crippen LogP contribution is 2.23. The Morgan fingerprint density at radius 2 is 1.94 bits per heavy atom. The summed E-state index contributed by atoms with van der Waals surface area (Å²) < 4.78 is 3.05. The maximum atomic E-state index is 4.65. The Balaban J connectivity index is 2.10. The molecule has 2 nitrogen and oxygen atoms in total. The molecule has 1 aromatic carbocycles. The van der Waals surface area contributed by atoms with Gasteiger partial charge in [-0.05, 0) is 40.0 Å². The van der Waals surface area contributed by atoms with E-state index in [1.165, 1.54) is 5.56 Å². The highest BCUT2D eigenvalue weighted by Gasteiger charge is 2.06. The van der Waals surface area contributed by atoms with Crippen molar-refractivity contribution < 1.29 is 0 Å². The van der Waals surface area contributed by atoms with Gasteiger partial charge in [-0.2, -0.15) is 0 Å². The van der Waals surface area contributed by atoms with Crippen LogP contribution < -0.4 is 0 Å². The van der Waals surface area contributed by atoms with Crippen LogP contribution in [0.2, 0.25) is 0 Å². The van der Waals surface area contributed by atoms with Crippen LogP contribution in [0, 0.1) is 0 Å². The quantitative estimate of drug-likeness (QED) is 0.689. The molecule has 0 atom stereocenters. The van der Waals surface area contributed by atoms with E-state index >= 15 is 0 Å². The largest absolute Gasteiger partial charge is 0.306 e. The molecule has 3 heteroatoms. The summed E-state index contributed by atoms with van der Waals surface area (Å²) in [5, 5.41) is 0. The molecule has 0 saturated carbocycles. The summed E-state index contributed by atoms with van der Waals surface area (Å²) in [5.74, 6) is 0. The molecular weight excluding hydrogens is 288 g/mol. The van der Waals surface area contributed by atoms with Crippen LogP contribution in [0.25, 0.3) is 16.9 Å². The average Bonchev–Trinajstić information content (AvgIpc) is 2.84. The van der Waals surface area contributed by atoms with Crippen LogP contribution in [0.3, 0.4) is 0 Å². The number of nitrogens with zero attached hydrogens (tertiary/aromatic N) is 2. The summed E-state index contributed by atoms with van der Waals surface area (Å²) in [6.45, 7) is 2.16. The predicted molar refractivity (Wildman–Crippen MR) is 77.7 cm³/mol. The zero-order chi connectivity index (χ0) is 12.5. The van der Waals surface area contributed by atoms with Crippen LogP contribution in [0.15, 0.2) is 53.3 Å².